The summed E-state index contributed by atoms with van der Waals surface area (Å²) in [7, 11) is 1.60. The van der Waals surface area contributed by atoms with Crippen molar-refractivity contribution >= 4 is 33.1 Å². The summed E-state index contributed by atoms with van der Waals surface area (Å²) >= 11 is 1.63. The number of thiazole rings is 1. The highest BCUT2D eigenvalue weighted by Crippen LogP contribution is 2.35. The molecule has 1 N–H and O–H groups in total. The number of hydrogen-bond donors (Lipinski definition) is 1. The average molecular weight is 403 g/mol. The van der Waals surface area contributed by atoms with Gasteiger partial charge in [0.1, 0.15) is 10.8 Å². The Balaban J connectivity index is 1.63. The molecule has 0 atom stereocenters. The first kappa shape index (κ1) is 19.2. The van der Waals surface area contributed by atoms with Gasteiger partial charge in [0, 0.05) is 11.1 Å². The van der Waals surface area contributed by atoms with E-state index in [0.29, 0.717) is 22.9 Å². The van der Waals surface area contributed by atoms with Gasteiger partial charge >= 0.3 is 0 Å². The van der Waals surface area contributed by atoms with Crippen LogP contribution < -0.4 is 10.1 Å². The highest BCUT2D eigenvalue weighted by Gasteiger charge is 2.13. The summed E-state index contributed by atoms with van der Waals surface area (Å²) in [6.45, 7) is 4.26. The summed E-state index contributed by atoms with van der Waals surface area (Å²) in [4.78, 5) is 17.5. The number of aromatic nitrogens is 1. The number of nitrogens with zero attached hydrogens (tertiary/aromatic N) is 1. The average Bonchev–Trinajstić information content (AvgIpc) is 3.18. The molecule has 0 unspecified atom stereocenters. The van der Waals surface area contributed by atoms with Crippen LogP contribution >= 0.6 is 11.3 Å². The summed E-state index contributed by atoms with van der Waals surface area (Å²) in [5.41, 5.74) is 4.36. The zero-order valence-electron chi connectivity index (χ0n) is 16.6. The van der Waals surface area contributed by atoms with Crippen molar-refractivity contribution < 1.29 is 9.53 Å². The summed E-state index contributed by atoms with van der Waals surface area (Å²) < 4.78 is 6.58. The molecule has 0 fully saturated rings. The monoisotopic (exact) mass is 402 g/mol. The molecule has 0 radical (unpaired) electrons. The van der Waals surface area contributed by atoms with Crippen molar-refractivity contribution in [3.05, 3.63) is 77.9 Å². The van der Waals surface area contributed by atoms with Crippen LogP contribution in [0.1, 0.15) is 35.7 Å². The van der Waals surface area contributed by atoms with Crippen LogP contribution in [0.5, 0.6) is 5.75 Å². The van der Waals surface area contributed by atoms with Gasteiger partial charge in [-0.3, -0.25) is 4.79 Å². The lowest BCUT2D eigenvalue weighted by molar-refractivity contribution is 0.102. The maximum absolute atomic E-state index is 12.8. The zero-order chi connectivity index (χ0) is 20.4. The minimum atomic E-state index is -0.167. The number of nitrogens with one attached hydrogen (secondary N) is 1. The van der Waals surface area contributed by atoms with Crippen molar-refractivity contribution in [2.75, 3.05) is 12.4 Å². The molecule has 0 saturated carbocycles. The second-order valence-corrected chi connectivity index (χ2v) is 8.16. The van der Waals surface area contributed by atoms with Crippen LogP contribution in [-0.2, 0) is 0 Å². The molecule has 1 amide bonds. The SMILES string of the molecule is COc1ccc(-c2nc3ccccc3s2)cc1NC(=O)c1ccc(C(C)C)cc1. The Labute approximate surface area is 174 Å². The Morgan fingerprint density at radius 2 is 1.79 bits per heavy atom. The van der Waals surface area contributed by atoms with Gasteiger partial charge in [-0.05, 0) is 53.9 Å². The van der Waals surface area contributed by atoms with E-state index in [1.807, 2.05) is 60.7 Å². The first-order valence-corrected chi connectivity index (χ1v) is 10.3. The second kappa shape index (κ2) is 8.05. The normalized spacial score (nSPS) is 11.0. The fourth-order valence-corrected chi connectivity index (χ4v) is 4.11. The summed E-state index contributed by atoms with van der Waals surface area (Å²) in [6, 6.07) is 21.5. The first-order valence-electron chi connectivity index (χ1n) is 9.50. The van der Waals surface area contributed by atoms with Gasteiger partial charge in [-0.1, -0.05) is 38.1 Å². The highest BCUT2D eigenvalue weighted by atomic mass is 32.1. The molecule has 1 heterocycles. The van der Waals surface area contributed by atoms with Crippen molar-refractivity contribution in [2.45, 2.75) is 19.8 Å². The van der Waals surface area contributed by atoms with Crippen LogP contribution in [0, 0.1) is 0 Å². The Morgan fingerprint density at radius 1 is 1.03 bits per heavy atom. The Kier molecular flexibility index (Phi) is 5.32. The predicted molar refractivity (Wildman–Crippen MR) is 120 cm³/mol. The van der Waals surface area contributed by atoms with Crippen LogP contribution in [0.15, 0.2) is 66.7 Å². The van der Waals surface area contributed by atoms with Crippen LogP contribution in [0.4, 0.5) is 5.69 Å². The van der Waals surface area contributed by atoms with E-state index >= 15 is 0 Å². The number of amides is 1. The first-order chi connectivity index (χ1) is 14.0. The van der Waals surface area contributed by atoms with Crippen LogP contribution in [-0.4, -0.2) is 18.0 Å². The molecule has 29 heavy (non-hydrogen) atoms. The van der Waals surface area contributed by atoms with Crippen LogP contribution in [0.25, 0.3) is 20.8 Å². The largest absolute Gasteiger partial charge is 0.495 e. The van der Waals surface area contributed by atoms with E-state index in [2.05, 4.69) is 25.2 Å². The zero-order valence-corrected chi connectivity index (χ0v) is 17.4. The molecule has 3 aromatic carbocycles. The Morgan fingerprint density at radius 3 is 2.48 bits per heavy atom. The van der Waals surface area contributed by atoms with Crippen molar-refractivity contribution in [1.82, 2.24) is 4.98 Å². The number of rotatable bonds is 5. The van der Waals surface area contributed by atoms with Crippen LogP contribution in [0.2, 0.25) is 0 Å². The lowest BCUT2D eigenvalue weighted by Crippen LogP contribution is -2.12. The van der Waals surface area contributed by atoms with E-state index in [9.17, 15) is 4.79 Å². The number of carbonyl (C=O) groups excluding carboxylic acids is 1. The van der Waals surface area contributed by atoms with Crippen LogP contribution in [0.3, 0.4) is 0 Å². The standard InChI is InChI=1S/C24H22N2O2S/c1-15(2)16-8-10-17(11-9-16)23(27)25-20-14-18(12-13-21(20)28-3)24-26-19-6-4-5-7-22(19)29-24/h4-15H,1-3H3,(H,25,27). The second-order valence-electron chi connectivity index (χ2n) is 7.13. The van der Waals surface area contributed by atoms with Gasteiger partial charge in [-0.15, -0.1) is 11.3 Å². The Bertz CT molecular complexity index is 1130. The Hall–Kier alpha value is -3.18. The maximum Gasteiger partial charge on any atom is 0.255 e. The molecule has 4 rings (SSSR count). The topological polar surface area (TPSA) is 51.2 Å². The third-order valence-electron chi connectivity index (χ3n) is 4.83. The molecule has 0 aliphatic heterocycles. The molecular formula is C24H22N2O2S. The molecule has 0 bridgehead atoms. The molecule has 0 spiro atoms. The summed E-state index contributed by atoms with van der Waals surface area (Å²) in [6.07, 6.45) is 0. The number of carbonyl (C=O) groups is 1. The quantitative estimate of drug-likeness (QED) is 0.423. The van der Waals surface area contributed by atoms with Crippen molar-refractivity contribution in [3.8, 4) is 16.3 Å². The summed E-state index contributed by atoms with van der Waals surface area (Å²) in [5.74, 6) is 0.875. The van der Waals surface area contributed by atoms with Crippen molar-refractivity contribution in [2.24, 2.45) is 0 Å². The van der Waals surface area contributed by atoms with E-state index in [1.165, 1.54) is 5.56 Å². The smallest absolute Gasteiger partial charge is 0.255 e. The van der Waals surface area contributed by atoms with Crippen molar-refractivity contribution in [3.63, 3.8) is 0 Å². The summed E-state index contributed by atoms with van der Waals surface area (Å²) in [5, 5.41) is 3.89. The number of benzene rings is 3. The van der Waals surface area contributed by atoms with Gasteiger partial charge in [-0.2, -0.15) is 0 Å². The van der Waals surface area contributed by atoms with Gasteiger partial charge in [0.2, 0.25) is 0 Å². The van der Waals surface area contributed by atoms with Gasteiger partial charge in [0.05, 0.1) is 23.0 Å². The van der Waals surface area contributed by atoms with E-state index in [1.54, 1.807) is 18.4 Å². The van der Waals surface area contributed by atoms with Crippen molar-refractivity contribution in [1.29, 1.82) is 0 Å². The van der Waals surface area contributed by atoms with Gasteiger partial charge in [0.15, 0.2) is 0 Å². The molecule has 5 heteroatoms. The number of methoxy groups -OCH3 is 1. The third-order valence-corrected chi connectivity index (χ3v) is 5.91. The van der Waals surface area contributed by atoms with E-state index in [-0.39, 0.29) is 5.91 Å². The maximum atomic E-state index is 12.8. The lowest BCUT2D eigenvalue weighted by Gasteiger charge is -2.12. The predicted octanol–water partition coefficient (Wildman–Crippen LogP) is 6.35. The van der Waals surface area contributed by atoms with Gasteiger partial charge in [0.25, 0.3) is 5.91 Å². The van der Waals surface area contributed by atoms with E-state index in [4.69, 9.17) is 9.72 Å². The van der Waals surface area contributed by atoms with Gasteiger partial charge < -0.3 is 10.1 Å². The molecular weight excluding hydrogens is 380 g/mol. The molecule has 4 aromatic rings. The van der Waals surface area contributed by atoms with E-state index in [0.717, 1.165) is 20.8 Å². The number of hydrogen-bond acceptors (Lipinski definition) is 4. The lowest BCUT2D eigenvalue weighted by atomic mass is 10.0. The van der Waals surface area contributed by atoms with E-state index < -0.39 is 0 Å². The minimum absolute atomic E-state index is 0.167. The number of fused-ring (bicyclic) bond motifs is 1. The fourth-order valence-electron chi connectivity index (χ4n) is 3.15. The minimum Gasteiger partial charge on any atom is -0.495 e. The third kappa shape index (κ3) is 4.00. The molecule has 146 valence electrons. The van der Waals surface area contributed by atoms with Gasteiger partial charge in [-0.25, -0.2) is 4.98 Å². The highest BCUT2D eigenvalue weighted by molar-refractivity contribution is 7.21. The number of ether oxygens (including phenoxy) is 1. The fraction of sp³-hybridized carbons (Fsp3) is 0.167. The number of para-hydroxylation sites is 1. The molecule has 0 aliphatic rings. The number of anilines is 1. The molecule has 0 aliphatic carbocycles. The molecule has 0 saturated heterocycles. The molecule has 1 aromatic heterocycles. The molecule has 4 nitrogen and oxygen atoms in total.